The van der Waals surface area contributed by atoms with E-state index in [4.69, 9.17) is 38.4 Å². The van der Waals surface area contributed by atoms with E-state index in [-0.39, 0.29) is 29.9 Å². The highest BCUT2D eigenvalue weighted by molar-refractivity contribution is 6.42. The predicted molar refractivity (Wildman–Crippen MR) is 134 cm³/mol. The van der Waals surface area contributed by atoms with E-state index in [2.05, 4.69) is 6.58 Å². The average Bonchev–Trinajstić information content (AvgIpc) is 3.28. The number of benzene rings is 1. The van der Waals surface area contributed by atoms with Crippen molar-refractivity contribution in [1.29, 1.82) is 0 Å². The number of amides is 2. The van der Waals surface area contributed by atoms with Crippen LogP contribution in [0.25, 0.3) is 0 Å². The van der Waals surface area contributed by atoms with Crippen LogP contribution < -0.4 is 10.5 Å². The Kier molecular flexibility index (Phi) is 8.77. The molecule has 1 aromatic carbocycles. The highest BCUT2D eigenvalue weighted by Gasteiger charge is 2.37. The normalized spacial score (nSPS) is 20.2. The van der Waals surface area contributed by atoms with Crippen LogP contribution in [0.3, 0.4) is 0 Å². The molecular formula is C25H35Cl2N3O4. The Hall–Kier alpha value is -1.96. The Morgan fingerprint density at radius 3 is 2.38 bits per heavy atom. The van der Waals surface area contributed by atoms with Crippen LogP contribution in [0.4, 0.5) is 4.79 Å². The fourth-order valence-electron chi connectivity index (χ4n) is 4.52. The molecule has 0 bridgehead atoms. The Balaban J connectivity index is 1.57. The van der Waals surface area contributed by atoms with Crippen molar-refractivity contribution in [2.45, 2.75) is 51.7 Å². The van der Waals surface area contributed by atoms with Crippen LogP contribution in [0.5, 0.6) is 5.75 Å². The topological polar surface area (TPSA) is 85.1 Å². The largest absolute Gasteiger partial charge is 0.489 e. The molecule has 2 amide bonds. The van der Waals surface area contributed by atoms with Gasteiger partial charge in [-0.25, -0.2) is 4.79 Å². The number of ether oxygens (including phenoxy) is 2. The van der Waals surface area contributed by atoms with Crippen molar-refractivity contribution >= 4 is 35.2 Å². The molecule has 0 aromatic heterocycles. The minimum Gasteiger partial charge on any atom is -0.489 e. The summed E-state index contributed by atoms with van der Waals surface area (Å²) in [5.41, 5.74) is 6.90. The van der Waals surface area contributed by atoms with Crippen LogP contribution >= 0.6 is 23.2 Å². The van der Waals surface area contributed by atoms with Crippen molar-refractivity contribution in [2.24, 2.45) is 17.6 Å². The van der Waals surface area contributed by atoms with E-state index >= 15 is 0 Å². The first-order valence-electron chi connectivity index (χ1n) is 11.7. The maximum Gasteiger partial charge on any atom is 0.410 e. The van der Waals surface area contributed by atoms with Crippen LogP contribution in [0.15, 0.2) is 24.8 Å². The Labute approximate surface area is 212 Å². The Morgan fingerprint density at radius 2 is 1.76 bits per heavy atom. The van der Waals surface area contributed by atoms with Gasteiger partial charge in [0.15, 0.2) is 0 Å². The van der Waals surface area contributed by atoms with Gasteiger partial charge in [0.1, 0.15) is 18.0 Å². The lowest BCUT2D eigenvalue weighted by Gasteiger charge is -2.36. The van der Waals surface area contributed by atoms with Crippen LogP contribution in [0.2, 0.25) is 10.0 Å². The minimum absolute atomic E-state index is 0.0997. The number of hydrogen-bond donors (Lipinski definition) is 1. The van der Waals surface area contributed by atoms with Gasteiger partial charge in [-0.2, -0.15) is 0 Å². The van der Waals surface area contributed by atoms with E-state index in [0.717, 1.165) is 18.4 Å². The number of nitrogens with two attached hydrogens (primary N) is 1. The van der Waals surface area contributed by atoms with Crippen molar-refractivity contribution in [3.8, 4) is 5.75 Å². The van der Waals surface area contributed by atoms with Gasteiger partial charge >= 0.3 is 6.09 Å². The summed E-state index contributed by atoms with van der Waals surface area (Å²) in [4.78, 5) is 29.0. The fraction of sp³-hybridized carbons (Fsp3) is 0.600. The summed E-state index contributed by atoms with van der Waals surface area (Å²) in [7, 11) is 0. The standard InChI is InChI=1S/C25H35Cl2N3O4/c1-5-12-33-21-14-20(27)19(26)13-18(21)22(28)16-6-9-29(10-7-16)23(31)17-8-11-30(15-17)24(32)34-25(2,3)4/h5,13-14,16-17,22H,1,6-12,15,28H2,2-4H3. The first kappa shape index (κ1) is 26.6. The number of likely N-dealkylation sites (tertiary alicyclic amines) is 2. The van der Waals surface area contributed by atoms with Gasteiger partial charge in [-0.1, -0.05) is 35.9 Å². The van der Waals surface area contributed by atoms with Gasteiger partial charge in [-0.15, -0.1) is 0 Å². The number of hydrogen-bond acceptors (Lipinski definition) is 5. The molecule has 9 heteroatoms. The zero-order valence-electron chi connectivity index (χ0n) is 20.2. The first-order valence-corrected chi connectivity index (χ1v) is 12.5. The van der Waals surface area contributed by atoms with Gasteiger partial charge in [-0.3, -0.25) is 4.79 Å². The van der Waals surface area contributed by atoms with Crippen molar-refractivity contribution in [3.63, 3.8) is 0 Å². The average molecular weight is 512 g/mol. The number of nitrogens with zero attached hydrogens (tertiary/aromatic N) is 2. The molecule has 0 radical (unpaired) electrons. The van der Waals surface area contributed by atoms with Crippen molar-refractivity contribution in [2.75, 3.05) is 32.8 Å². The van der Waals surface area contributed by atoms with Crippen molar-refractivity contribution < 1.29 is 19.1 Å². The van der Waals surface area contributed by atoms with E-state index in [1.807, 2.05) is 25.7 Å². The summed E-state index contributed by atoms with van der Waals surface area (Å²) in [6, 6.07) is 3.17. The van der Waals surface area contributed by atoms with Gasteiger partial charge in [0, 0.05) is 43.9 Å². The molecule has 2 unspecified atom stereocenters. The van der Waals surface area contributed by atoms with E-state index in [0.29, 0.717) is 55.0 Å². The molecule has 2 aliphatic heterocycles. The van der Waals surface area contributed by atoms with Gasteiger partial charge in [0.2, 0.25) is 5.91 Å². The highest BCUT2D eigenvalue weighted by atomic mass is 35.5. The molecule has 2 saturated heterocycles. The van der Waals surface area contributed by atoms with E-state index < -0.39 is 5.60 Å². The summed E-state index contributed by atoms with van der Waals surface area (Å²) < 4.78 is 11.2. The molecule has 2 heterocycles. The third kappa shape index (κ3) is 6.58. The quantitative estimate of drug-likeness (QED) is 0.539. The molecule has 34 heavy (non-hydrogen) atoms. The van der Waals surface area contributed by atoms with Gasteiger partial charge in [0.25, 0.3) is 0 Å². The zero-order chi connectivity index (χ0) is 25.0. The summed E-state index contributed by atoms with van der Waals surface area (Å²) in [5, 5.41) is 0.843. The predicted octanol–water partition coefficient (Wildman–Crippen LogP) is 5.05. The molecule has 2 N–H and O–H groups in total. The number of carbonyl (C=O) groups excluding carboxylic acids is 2. The van der Waals surface area contributed by atoms with Gasteiger partial charge in [-0.05, 0) is 52.0 Å². The second-order valence-corrected chi connectivity index (χ2v) is 10.8. The molecular weight excluding hydrogens is 477 g/mol. The molecule has 0 spiro atoms. The summed E-state index contributed by atoms with van der Waals surface area (Å²) >= 11 is 12.4. The third-order valence-electron chi connectivity index (χ3n) is 6.32. The Bertz CT molecular complexity index is 910. The van der Waals surface area contributed by atoms with E-state index in [1.54, 1.807) is 23.1 Å². The number of rotatable bonds is 6. The molecule has 1 aromatic rings. The number of piperidine rings is 1. The van der Waals surface area contributed by atoms with Crippen molar-refractivity contribution in [3.05, 3.63) is 40.4 Å². The smallest absolute Gasteiger partial charge is 0.410 e. The molecule has 7 nitrogen and oxygen atoms in total. The molecule has 2 fully saturated rings. The maximum absolute atomic E-state index is 13.1. The summed E-state index contributed by atoms with van der Waals surface area (Å²) in [6.07, 6.45) is 3.51. The SMILES string of the molecule is C=CCOc1cc(Cl)c(Cl)cc1C(N)C1CCN(C(=O)C2CCN(C(=O)OC(C)(C)C)C2)CC1. The molecule has 0 aliphatic carbocycles. The highest BCUT2D eigenvalue weighted by Crippen LogP contribution is 2.39. The monoisotopic (exact) mass is 511 g/mol. The van der Waals surface area contributed by atoms with E-state index in [1.165, 1.54) is 0 Å². The van der Waals surface area contributed by atoms with Gasteiger partial charge < -0.3 is 25.0 Å². The van der Waals surface area contributed by atoms with E-state index in [9.17, 15) is 9.59 Å². The lowest BCUT2D eigenvalue weighted by atomic mass is 9.85. The molecule has 2 aliphatic rings. The minimum atomic E-state index is -0.551. The lowest BCUT2D eigenvalue weighted by Crippen LogP contribution is -2.44. The van der Waals surface area contributed by atoms with Crippen LogP contribution in [0, 0.1) is 11.8 Å². The Morgan fingerprint density at radius 1 is 1.15 bits per heavy atom. The molecule has 2 atom stereocenters. The maximum atomic E-state index is 13.1. The van der Waals surface area contributed by atoms with Crippen LogP contribution in [-0.4, -0.2) is 60.2 Å². The number of halogens is 2. The molecule has 188 valence electrons. The summed E-state index contributed by atoms with van der Waals surface area (Å²) in [6.45, 7) is 11.7. The van der Waals surface area contributed by atoms with Gasteiger partial charge in [0.05, 0.1) is 16.0 Å². The lowest BCUT2D eigenvalue weighted by molar-refractivity contribution is -0.136. The third-order valence-corrected chi connectivity index (χ3v) is 7.04. The number of carbonyl (C=O) groups is 2. The first-order chi connectivity index (χ1) is 16.0. The van der Waals surface area contributed by atoms with Crippen molar-refractivity contribution in [1.82, 2.24) is 9.80 Å². The molecule has 0 saturated carbocycles. The molecule has 3 rings (SSSR count). The van der Waals surface area contributed by atoms with Crippen LogP contribution in [-0.2, 0) is 9.53 Å². The second-order valence-electron chi connectivity index (χ2n) is 10.0. The zero-order valence-corrected chi connectivity index (χ0v) is 21.7. The second kappa shape index (κ2) is 11.2. The fourth-order valence-corrected chi connectivity index (χ4v) is 4.85. The summed E-state index contributed by atoms with van der Waals surface area (Å²) in [5.74, 6) is 0.692. The van der Waals surface area contributed by atoms with Crippen LogP contribution in [0.1, 0.15) is 51.6 Å².